The number of carbonyl (C=O) groups excluding carboxylic acids is 2. The van der Waals surface area contributed by atoms with E-state index in [-0.39, 0.29) is 35.4 Å². The van der Waals surface area contributed by atoms with Crippen molar-refractivity contribution >= 4 is 28.9 Å². The number of rotatable bonds is 7. The molecule has 0 atom stereocenters. The molecule has 0 aliphatic carbocycles. The number of nitrogens with zero attached hydrogens (tertiary/aromatic N) is 2. The minimum atomic E-state index is -0.398. The first-order valence-electron chi connectivity index (χ1n) is 12.6. The maximum Gasteiger partial charge on any atom is 0.258 e. The van der Waals surface area contributed by atoms with E-state index in [1.165, 1.54) is 29.2 Å². The lowest BCUT2D eigenvalue weighted by molar-refractivity contribution is 0.0983. The van der Waals surface area contributed by atoms with Gasteiger partial charge in [-0.1, -0.05) is 42.5 Å². The molecular formula is C31H28FN3O3. The van der Waals surface area contributed by atoms with Gasteiger partial charge in [0.25, 0.3) is 11.8 Å². The zero-order valence-electron chi connectivity index (χ0n) is 20.8. The molecule has 0 radical (unpaired) electrons. The number of amides is 2. The van der Waals surface area contributed by atoms with E-state index in [2.05, 4.69) is 10.2 Å². The SMILES string of the molecule is O=C(Nc1ccc(C(=O)N(Cc2ccccc2)c2ccc(F)cc2)cc1O)c1ccccc1N1CCCC1. The van der Waals surface area contributed by atoms with Crippen LogP contribution in [0.2, 0.25) is 0 Å². The van der Waals surface area contributed by atoms with Crippen molar-refractivity contribution in [1.82, 2.24) is 0 Å². The van der Waals surface area contributed by atoms with Crippen molar-refractivity contribution in [3.63, 3.8) is 0 Å². The van der Waals surface area contributed by atoms with Crippen LogP contribution in [0.1, 0.15) is 39.1 Å². The van der Waals surface area contributed by atoms with Crippen molar-refractivity contribution in [3.8, 4) is 5.75 Å². The third kappa shape index (κ3) is 5.52. The van der Waals surface area contributed by atoms with E-state index in [9.17, 15) is 19.1 Å². The molecule has 4 aromatic rings. The van der Waals surface area contributed by atoms with Gasteiger partial charge < -0.3 is 20.2 Å². The highest BCUT2D eigenvalue weighted by Gasteiger charge is 2.22. The lowest BCUT2D eigenvalue weighted by Crippen LogP contribution is -2.30. The van der Waals surface area contributed by atoms with Gasteiger partial charge >= 0.3 is 0 Å². The van der Waals surface area contributed by atoms with Crippen LogP contribution in [0.4, 0.5) is 21.5 Å². The average molecular weight is 510 g/mol. The number of phenols is 1. The van der Waals surface area contributed by atoms with Crippen LogP contribution in [0.25, 0.3) is 0 Å². The highest BCUT2D eigenvalue weighted by molar-refractivity contribution is 6.10. The number of nitrogens with one attached hydrogen (secondary N) is 1. The molecule has 1 fully saturated rings. The third-order valence-electron chi connectivity index (χ3n) is 6.66. The Kier molecular flexibility index (Phi) is 7.35. The molecule has 1 aliphatic rings. The van der Waals surface area contributed by atoms with Crippen LogP contribution >= 0.6 is 0 Å². The van der Waals surface area contributed by atoms with E-state index >= 15 is 0 Å². The Labute approximate surface area is 221 Å². The van der Waals surface area contributed by atoms with Crippen LogP contribution in [0.3, 0.4) is 0 Å². The van der Waals surface area contributed by atoms with Gasteiger partial charge in [0.2, 0.25) is 0 Å². The third-order valence-corrected chi connectivity index (χ3v) is 6.66. The number of carbonyl (C=O) groups is 2. The van der Waals surface area contributed by atoms with E-state index in [1.807, 2.05) is 48.5 Å². The predicted octanol–water partition coefficient (Wildman–Crippen LogP) is 6.23. The summed E-state index contributed by atoms with van der Waals surface area (Å²) in [5, 5.41) is 13.5. The molecule has 38 heavy (non-hydrogen) atoms. The van der Waals surface area contributed by atoms with Crippen LogP contribution in [-0.4, -0.2) is 30.0 Å². The minimum Gasteiger partial charge on any atom is -0.506 e. The first kappa shape index (κ1) is 25.0. The number of anilines is 3. The number of halogens is 1. The summed E-state index contributed by atoms with van der Waals surface area (Å²) >= 11 is 0. The van der Waals surface area contributed by atoms with Gasteiger partial charge in [-0.2, -0.15) is 0 Å². The predicted molar refractivity (Wildman–Crippen MR) is 147 cm³/mol. The van der Waals surface area contributed by atoms with Gasteiger partial charge in [-0.25, -0.2) is 4.39 Å². The van der Waals surface area contributed by atoms with Gasteiger partial charge in [0.15, 0.2) is 0 Å². The summed E-state index contributed by atoms with van der Waals surface area (Å²) in [5.41, 5.74) is 3.26. The highest BCUT2D eigenvalue weighted by atomic mass is 19.1. The number of para-hydroxylation sites is 1. The summed E-state index contributed by atoms with van der Waals surface area (Å²) in [5.74, 6) is -1.32. The number of hydrogen-bond donors (Lipinski definition) is 2. The molecular weight excluding hydrogens is 481 g/mol. The van der Waals surface area contributed by atoms with Crippen molar-refractivity contribution in [1.29, 1.82) is 0 Å². The topological polar surface area (TPSA) is 72.9 Å². The molecule has 0 saturated carbocycles. The lowest BCUT2D eigenvalue weighted by atomic mass is 10.1. The molecule has 6 nitrogen and oxygen atoms in total. The van der Waals surface area contributed by atoms with Crippen molar-refractivity contribution < 1.29 is 19.1 Å². The Hall–Kier alpha value is -4.65. The second-order valence-corrected chi connectivity index (χ2v) is 9.25. The van der Waals surface area contributed by atoms with E-state index in [1.54, 1.807) is 24.3 Å². The lowest BCUT2D eigenvalue weighted by Gasteiger charge is -2.24. The van der Waals surface area contributed by atoms with E-state index in [0.29, 0.717) is 11.3 Å². The number of benzene rings is 4. The number of aromatic hydroxyl groups is 1. The molecule has 7 heteroatoms. The maximum absolute atomic E-state index is 13.6. The standard InChI is InChI=1S/C31H28FN3O3/c32-24-13-15-25(16-14-24)35(21-22-8-2-1-3-9-22)31(38)23-12-17-27(29(36)20-23)33-30(37)26-10-4-5-11-28(26)34-18-6-7-19-34/h1-5,8-17,20,36H,6-7,18-19,21H2,(H,33,37). The van der Waals surface area contributed by atoms with Crippen molar-refractivity contribution in [3.05, 3.63) is 120 Å². The van der Waals surface area contributed by atoms with Crippen LogP contribution in [0, 0.1) is 5.82 Å². The summed E-state index contributed by atoms with van der Waals surface area (Å²) in [6.07, 6.45) is 2.18. The number of phenolic OH excluding ortho intramolecular Hbond substituents is 1. The fourth-order valence-electron chi connectivity index (χ4n) is 4.68. The largest absolute Gasteiger partial charge is 0.506 e. The second kappa shape index (κ2) is 11.2. The molecule has 1 saturated heterocycles. The normalized spacial score (nSPS) is 12.8. The highest BCUT2D eigenvalue weighted by Crippen LogP contribution is 2.30. The second-order valence-electron chi connectivity index (χ2n) is 9.25. The molecule has 1 heterocycles. The molecule has 4 aromatic carbocycles. The quantitative estimate of drug-likeness (QED) is 0.290. The van der Waals surface area contributed by atoms with Gasteiger partial charge in [0, 0.05) is 30.0 Å². The fraction of sp³-hybridized carbons (Fsp3) is 0.161. The molecule has 2 amide bonds. The Morgan fingerprint density at radius 3 is 2.26 bits per heavy atom. The van der Waals surface area contributed by atoms with E-state index in [4.69, 9.17) is 0 Å². The van der Waals surface area contributed by atoms with Crippen molar-refractivity contribution in [2.75, 3.05) is 28.2 Å². The van der Waals surface area contributed by atoms with Crippen LogP contribution < -0.4 is 15.1 Å². The van der Waals surface area contributed by atoms with Crippen LogP contribution in [0.5, 0.6) is 5.75 Å². The molecule has 5 rings (SSSR count). The first-order valence-corrected chi connectivity index (χ1v) is 12.6. The van der Waals surface area contributed by atoms with Crippen LogP contribution in [-0.2, 0) is 6.54 Å². The van der Waals surface area contributed by atoms with Gasteiger partial charge in [0.05, 0.1) is 17.8 Å². The van der Waals surface area contributed by atoms with E-state index in [0.717, 1.165) is 37.2 Å². The zero-order chi connectivity index (χ0) is 26.5. The Morgan fingerprint density at radius 1 is 0.868 bits per heavy atom. The molecule has 1 aliphatic heterocycles. The molecule has 2 N–H and O–H groups in total. The summed E-state index contributed by atoms with van der Waals surface area (Å²) < 4.78 is 13.6. The Morgan fingerprint density at radius 2 is 1.55 bits per heavy atom. The fourth-order valence-corrected chi connectivity index (χ4v) is 4.68. The van der Waals surface area contributed by atoms with Gasteiger partial charge in [0.1, 0.15) is 11.6 Å². The summed E-state index contributed by atoms with van der Waals surface area (Å²) in [6, 6.07) is 27.0. The smallest absolute Gasteiger partial charge is 0.258 e. The molecule has 0 spiro atoms. The van der Waals surface area contributed by atoms with Crippen molar-refractivity contribution in [2.24, 2.45) is 0 Å². The number of hydrogen-bond acceptors (Lipinski definition) is 4. The molecule has 0 unspecified atom stereocenters. The van der Waals surface area contributed by atoms with Gasteiger partial charge in [-0.15, -0.1) is 0 Å². The maximum atomic E-state index is 13.6. The first-order chi connectivity index (χ1) is 18.5. The average Bonchev–Trinajstić information content (AvgIpc) is 3.49. The summed E-state index contributed by atoms with van der Waals surface area (Å²) in [7, 11) is 0. The molecule has 0 bridgehead atoms. The molecule has 0 aromatic heterocycles. The minimum absolute atomic E-state index is 0.208. The van der Waals surface area contributed by atoms with Crippen molar-refractivity contribution in [2.45, 2.75) is 19.4 Å². The zero-order valence-corrected chi connectivity index (χ0v) is 20.8. The summed E-state index contributed by atoms with van der Waals surface area (Å²) in [4.78, 5) is 30.4. The van der Waals surface area contributed by atoms with Gasteiger partial charge in [-0.3, -0.25) is 9.59 Å². The van der Waals surface area contributed by atoms with E-state index < -0.39 is 5.82 Å². The summed E-state index contributed by atoms with van der Waals surface area (Å²) in [6.45, 7) is 2.07. The monoisotopic (exact) mass is 509 g/mol. The van der Waals surface area contributed by atoms with Gasteiger partial charge in [-0.05, 0) is 73.0 Å². The van der Waals surface area contributed by atoms with Crippen LogP contribution in [0.15, 0.2) is 97.1 Å². The Bertz CT molecular complexity index is 1430. The Balaban J connectivity index is 1.38. The molecule has 192 valence electrons.